The zero-order valence-corrected chi connectivity index (χ0v) is 9.29. The van der Waals surface area contributed by atoms with Crippen molar-refractivity contribution in [2.75, 3.05) is 6.61 Å². The highest BCUT2D eigenvalue weighted by atomic mass is 16.3. The van der Waals surface area contributed by atoms with Gasteiger partial charge in [-0.05, 0) is 30.2 Å². The monoisotopic (exact) mass is 220 g/mol. The highest BCUT2D eigenvalue weighted by molar-refractivity contribution is 5.94. The Bertz CT molecular complexity index is 404. The van der Waals surface area contributed by atoms with Crippen LogP contribution in [-0.4, -0.2) is 23.7 Å². The lowest BCUT2D eigenvalue weighted by atomic mass is 10.1. The van der Waals surface area contributed by atoms with Crippen LogP contribution in [0.3, 0.4) is 0 Å². The molecular formula is C12H16N2O2. The summed E-state index contributed by atoms with van der Waals surface area (Å²) in [6.45, 7) is 3.43. The number of hydrogen-bond acceptors (Lipinski definition) is 3. The maximum Gasteiger partial charge on any atom is 0.251 e. The van der Waals surface area contributed by atoms with Crippen LogP contribution in [0.2, 0.25) is 0 Å². The predicted octanol–water partition coefficient (Wildman–Crippen LogP) is 0.400. The van der Waals surface area contributed by atoms with Gasteiger partial charge in [-0.1, -0.05) is 6.07 Å². The molecule has 0 unspecified atom stereocenters. The number of benzene rings is 1. The first-order valence-corrected chi connectivity index (χ1v) is 5.45. The molecule has 4 heteroatoms. The molecule has 0 fully saturated rings. The number of aliphatic hydroxyl groups is 1. The molecular weight excluding hydrogens is 204 g/mol. The van der Waals surface area contributed by atoms with Crippen molar-refractivity contribution in [1.82, 2.24) is 10.6 Å². The van der Waals surface area contributed by atoms with Crippen LogP contribution in [0.4, 0.5) is 0 Å². The van der Waals surface area contributed by atoms with Crippen LogP contribution < -0.4 is 10.6 Å². The Morgan fingerprint density at radius 3 is 3.00 bits per heavy atom. The molecule has 16 heavy (non-hydrogen) atoms. The van der Waals surface area contributed by atoms with Crippen LogP contribution in [0.5, 0.6) is 0 Å². The predicted molar refractivity (Wildman–Crippen MR) is 61.0 cm³/mol. The van der Waals surface area contributed by atoms with Crippen molar-refractivity contribution in [3.05, 3.63) is 34.9 Å². The van der Waals surface area contributed by atoms with Gasteiger partial charge in [-0.15, -0.1) is 0 Å². The van der Waals surface area contributed by atoms with E-state index < -0.39 is 0 Å². The summed E-state index contributed by atoms with van der Waals surface area (Å²) in [5, 5.41) is 14.8. The van der Waals surface area contributed by atoms with Crippen molar-refractivity contribution >= 4 is 5.91 Å². The number of rotatable bonds is 3. The number of amides is 1. The third kappa shape index (κ3) is 2.23. The molecule has 0 saturated carbocycles. The molecule has 1 aromatic rings. The largest absolute Gasteiger partial charge is 0.394 e. The average molecular weight is 220 g/mol. The third-order valence-corrected chi connectivity index (χ3v) is 2.75. The summed E-state index contributed by atoms with van der Waals surface area (Å²) in [5.74, 6) is -0.128. The van der Waals surface area contributed by atoms with Gasteiger partial charge in [0.1, 0.15) is 0 Å². The minimum Gasteiger partial charge on any atom is -0.394 e. The van der Waals surface area contributed by atoms with Crippen LogP contribution in [-0.2, 0) is 13.1 Å². The van der Waals surface area contributed by atoms with E-state index in [0.29, 0.717) is 5.56 Å². The summed E-state index contributed by atoms with van der Waals surface area (Å²) in [6, 6.07) is 5.51. The molecule has 0 aromatic heterocycles. The molecule has 3 N–H and O–H groups in total. The Labute approximate surface area is 94.7 Å². The molecule has 2 rings (SSSR count). The zero-order valence-electron chi connectivity index (χ0n) is 9.29. The highest BCUT2D eigenvalue weighted by Gasteiger charge is 2.14. The first-order valence-electron chi connectivity index (χ1n) is 5.45. The number of fused-ring (bicyclic) bond motifs is 1. The van der Waals surface area contributed by atoms with Crippen molar-refractivity contribution < 1.29 is 9.90 Å². The first-order chi connectivity index (χ1) is 7.70. The summed E-state index contributed by atoms with van der Waals surface area (Å²) in [6.07, 6.45) is 0. The lowest BCUT2D eigenvalue weighted by Crippen LogP contribution is -2.35. The van der Waals surface area contributed by atoms with Gasteiger partial charge < -0.3 is 15.7 Å². The Balaban J connectivity index is 2.12. The number of carbonyl (C=O) groups excluding carboxylic acids is 1. The van der Waals surface area contributed by atoms with Crippen LogP contribution in [0.25, 0.3) is 0 Å². The van der Waals surface area contributed by atoms with Crippen LogP contribution in [0.1, 0.15) is 28.4 Å². The zero-order chi connectivity index (χ0) is 11.5. The number of carbonyl (C=O) groups is 1. The van der Waals surface area contributed by atoms with Gasteiger partial charge in [0, 0.05) is 24.7 Å². The van der Waals surface area contributed by atoms with Crippen molar-refractivity contribution in [3.8, 4) is 0 Å². The van der Waals surface area contributed by atoms with E-state index in [9.17, 15) is 4.79 Å². The van der Waals surface area contributed by atoms with E-state index in [-0.39, 0.29) is 18.6 Å². The SMILES string of the molecule is C[C@H](CO)NC(=O)c1ccc2c(c1)CNC2. The van der Waals surface area contributed by atoms with Crippen molar-refractivity contribution in [2.45, 2.75) is 26.1 Å². The second-order valence-corrected chi connectivity index (χ2v) is 4.14. The molecule has 0 spiro atoms. The summed E-state index contributed by atoms with van der Waals surface area (Å²) < 4.78 is 0. The van der Waals surface area contributed by atoms with E-state index >= 15 is 0 Å². The topological polar surface area (TPSA) is 61.4 Å². The lowest BCUT2D eigenvalue weighted by Gasteiger charge is -2.11. The molecule has 0 radical (unpaired) electrons. The van der Waals surface area contributed by atoms with Gasteiger partial charge in [0.2, 0.25) is 0 Å². The quantitative estimate of drug-likeness (QED) is 0.691. The normalized spacial score (nSPS) is 15.6. The van der Waals surface area contributed by atoms with Crippen LogP contribution in [0.15, 0.2) is 18.2 Å². The smallest absolute Gasteiger partial charge is 0.251 e. The fourth-order valence-corrected chi connectivity index (χ4v) is 1.79. The van der Waals surface area contributed by atoms with Gasteiger partial charge in [-0.2, -0.15) is 0 Å². The molecule has 4 nitrogen and oxygen atoms in total. The lowest BCUT2D eigenvalue weighted by molar-refractivity contribution is 0.0922. The third-order valence-electron chi connectivity index (χ3n) is 2.75. The standard InChI is InChI=1S/C12H16N2O2/c1-8(7-15)14-12(16)9-2-3-10-5-13-6-11(10)4-9/h2-4,8,13,15H,5-7H2,1H3,(H,14,16)/t8-/m1/s1. The minimum atomic E-state index is -0.209. The van der Waals surface area contributed by atoms with Crippen molar-refractivity contribution in [2.24, 2.45) is 0 Å². The molecule has 1 heterocycles. The van der Waals surface area contributed by atoms with E-state index in [1.807, 2.05) is 18.2 Å². The fraction of sp³-hybridized carbons (Fsp3) is 0.417. The number of nitrogens with one attached hydrogen (secondary N) is 2. The average Bonchev–Trinajstić information content (AvgIpc) is 2.75. The molecule has 0 aliphatic carbocycles. The van der Waals surface area contributed by atoms with E-state index in [2.05, 4.69) is 10.6 Å². The van der Waals surface area contributed by atoms with Gasteiger partial charge in [-0.25, -0.2) is 0 Å². The number of hydrogen-bond donors (Lipinski definition) is 3. The molecule has 1 aliphatic rings. The van der Waals surface area contributed by atoms with E-state index in [0.717, 1.165) is 13.1 Å². The van der Waals surface area contributed by atoms with Gasteiger partial charge in [0.25, 0.3) is 5.91 Å². The molecule has 1 atom stereocenters. The summed E-state index contributed by atoms with van der Waals surface area (Å²) in [4.78, 5) is 11.8. The highest BCUT2D eigenvalue weighted by Crippen LogP contribution is 2.16. The molecule has 0 saturated heterocycles. The Kier molecular flexibility index (Phi) is 3.22. The van der Waals surface area contributed by atoms with Crippen LogP contribution >= 0.6 is 0 Å². The molecule has 86 valence electrons. The molecule has 1 aliphatic heterocycles. The maximum absolute atomic E-state index is 11.8. The van der Waals surface area contributed by atoms with E-state index in [1.54, 1.807) is 6.92 Å². The maximum atomic E-state index is 11.8. The molecule has 0 bridgehead atoms. The van der Waals surface area contributed by atoms with Crippen molar-refractivity contribution in [1.29, 1.82) is 0 Å². The van der Waals surface area contributed by atoms with Crippen LogP contribution in [0, 0.1) is 0 Å². The minimum absolute atomic E-state index is 0.0434. The van der Waals surface area contributed by atoms with Gasteiger partial charge in [0.15, 0.2) is 0 Å². The fourth-order valence-electron chi connectivity index (χ4n) is 1.79. The Morgan fingerprint density at radius 2 is 2.25 bits per heavy atom. The van der Waals surface area contributed by atoms with Gasteiger partial charge >= 0.3 is 0 Å². The van der Waals surface area contributed by atoms with Crippen molar-refractivity contribution in [3.63, 3.8) is 0 Å². The summed E-state index contributed by atoms with van der Waals surface area (Å²) in [7, 11) is 0. The number of aliphatic hydroxyl groups excluding tert-OH is 1. The van der Waals surface area contributed by atoms with Gasteiger partial charge in [0.05, 0.1) is 6.61 Å². The van der Waals surface area contributed by atoms with E-state index in [4.69, 9.17) is 5.11 Å². The molecule has 1 amide bonds. The van der Waals surface area contributed by atoms with Gasteiger partial charge in [-0.3, -0.25) is 4.79 Å². The second kappa shape index (κ2) is 4.63. The Morgan fingerprint density at radius 1 is 1.50 bits per heavy atom. The second-order valence-electron chi connectivity index (χ2n) is 4.14. The first kappa shape index (κ1) is 11.1. The van der Waals surface area contributed by atoms with E-state index in [1.165, 1.54) is 11.1 Å². The summed E-state index contributed by atoms with van der Waals surface area (Å²) in [5.41, 5.74) is 3.10. The summed E-state index contributed by atoms with van der Waals surface area (Å²) >= 11 is 0. The molecule has 1 aromatic carbocycles. The Hall–Kier alpha value is -1.39.